The fourth-order valence-corrected chi connectivity index (χ4v) is 5.52. The first-order valence-corrected chi connectivity index (χ1v) is 11.9. The van der Waals surface area contributed by atoms with Crippen LogP contribution in [-0.4, -0.2) is 50.3 Å². The summed E-state index contributed by atoms with van der Waals surface area (Å²) in [4.78, 5) is 14.7. The number of benzene rings is 2. The molecule has 1 aliphatic rings. The molecule has 0 aromatic heterocycles. The molecule has 0 aliphatic carbocycles. The van der Waals surface area contributed by atoms with Crippen molar-refractivity contribution in [3.63, 3.8) is 0 Å². The van der Waals surface area contributed by atoms with Crippen LogP contribution >= 0.6 is 11.6 Å². The number of sulfonamides is 1. The third-order valence-corrected chi connectivity index (χ3v) is 7.37. The first-order valence-electron chi connectivity index (χ1n) is 10.0. The predicted molar refractivity (Wildman–Crippen MR) is 117 cm³/mol. The van der Waals surface area contributed by atoms with Crippen molar-refractivity contribution in [1.82, 2.24) is 9.21 Å². The Hall–Kier alpha value is -2.09. The number of ether oxygens (including phenoxy) is 1. The van der Waals surface area contributed by atoms with Crippen molar-refractivity contribution in [3.05, 3.63) is 59.1 Å². The third-order valence-electron chi connectivity index (χ3n) is 5.21. The molecule has 3 rings (SSSR count). The van der Waals surface area contributed by atoms with E-state index in [0.717, 1.165) is 5.56 Å². The van der Waals surface area contributed by atoms with Crippen LogP contribution in [0.3, 0.4) is 0 Å². The summed E-state index contributed by atoms with van der Waals surface area (Å²) in [7, 11) is -1.99. The van der Waals surface area contributed by atoms with Crippen LogP contribution in [0.4, 0.5) is 0 Å². The molecule has 0 radical (unpaired) electrons. The second-order valence-corrected chi connectivity index (χ2v) is 9.75. The molecule has 1 fully saturated rings. The van der Waals surface area contributed by atoms with Gasteiger partial charge in [-0.2, -0.15) is 4.31 Å². The molecule has 0 unspecified atom stereocenters. The normalized spacial score (nSPS) is 17.5. The summed E-state index contributed by atoms with van der Waals surface area (Å²) in [6, 6.07) is 14.2. The van der Waals surface area contributed by atoms with Gasteiger partial charge in [0.15, 0.2) is 0 Å². The predicted octanol–water partition coefficient (Wildman–Crippen LogP) is 3.80. The summed E-state index contributed by atoms with van der Waals surface area (Å²) in [5.41, 5.74) is 1.04. The van der Waals surface area contributed by atoms with Crippen LogP contribution in [0.2, 0.25) is 5.02 Å². The molecule has 2 aromatic carbocycles. The maximum absolute atomic E-state index is 13.1. The summed E-state index contributed by atoms with van der Waals surface area (Å²) >= 11 is 6.18. The number of halogens is 1. The van der Waals surface area contributed by atoms with E-state index in [2.05, 4.69) is 0 Å². The van der Waals surface area contributed by atoms with Crippen LogP contribution in [0.1, 0.15) is 25.3 Å². The minimum Gasteiger partial charge on any atom is -0.492 e. The molecule has 162 valence electrons. The average Bonchev–Trinajstić information content (AvgIpc) is 2.75. The fourth-order valence-electron chi connectivity index (χ4n) is 3.67. The summed E-state index contributed by atoms with van der Waals surface area (Å²) in [5, 5.41) is 0.255. The highest BCUT2D eigenvalue weighted by atomic mass is 35.5. The van der Waals surface area contributed by atoms with Gasteiger partial charge in [-0.15, -0.1) is 0 Å². The number of nitrogens with zero attached hydrogens (tertiary/aromatic N) is 2. The number of carbonyl (C=O) groups is 1. The average molecular weight is 451 g/mol. The standard InChI is InChI=1S/C22H27ClN2O4S/c1-3-29-21-12-11-19(14-20(21)23)30(27,28)25-13-7-10-18(16-25)22(26)24(2)15-17-8-5-4-6-9-17/h4-6,8-9,11-12,14,18H,3,7,10,13,15-16H2,1-2H3/t18-/m1/s1. The van der Waals surface area contributed by atoms with Crippen molar-refractivity contribution in [3.8, 4) is 5.75 Å². The van der Waals surface area contributed by atoms with Crippen molar-refractivity contribution in [1.29, 1.82) is 0 Å². The second kappa shape index (κ2) is 9.81. The minimum absolute atomic E-state index is 0.0384. The van der Waals surface area contributed by atoms with Gasteiger partial charge >= 0.3 is 0 Å². The molecule has 0 bridgehead atoms. The van der Waals surface area contributed by atoms with Gasteiger partial charge in [-0.1, -0.05) is 41.9 Å². The van der Waals surface area contributed by atoms with Crippen molar-refractivity contribution < 1.29 is 17.9 Å². The number of hydrogen-bond donors (Lipinski definition) is 0. The molecule has 1 aliphatic heterocycles. The second-order valence-electron chi connectivity index (χ2n) is 7.41. The molecule has 1 saturated heterocycles. The fraction of sp³-hybridized carbons (Fsp3) is 0.409. The van der Waals surface area contributed by atoms with Crippen molar-refractivity contribution in [2.75, 3.05) is 26.7 Å². The van der Waals surface area contributed by atoms with Crippen LogP contribution in [0.15, 0.2) is 53.4 Å². The van der Waals surface area contributed by atoms with E-state index in [4.69, 9.17) is 16.3 Å². The highest BCUT2D eigenvalue weighted by Gasteiger charge is 2.34. The van der Waals surface area contributed by atoms with Crippen molar-refractivity contribution in [2.24, 2.45) is 5.92 Å². The molecular weight excluding hydrogens is 424 g/mol. The topological polar surface area (TPSA) is 66.9 Å². The van der Waals surface area contributed by atoms with Gasteiger partial charge in [-0.05, 0) is 43.5 Å². The van der Waals surface area contributed by atoms with E-state index in [-0.39, 0.29) is 28.3 Å². The lowest BCUT2D eigenvalue weighted by Gasteiger charge is -2.33. The zero-order valence-corrected chi connectivity index (χ0v) is 18.8. The Balaban J connectivity index is 1.71. The Morgan fingerprint density at radius 2 is 1.97 bits per heavy atom. The van der Waals surface area contributed by atoms with E-state index < -0.39 is 10.0 Å². The lowest BCUT2D eigenvalue weighted by atomic mass is 9.98. The van der Waals surface area contributed by atoms with E-state index >= 15 is 0 Å². The summed E-state index contributed by atoms with van der Waals surface area (Å²) < 4.78 is 33.1. The molecular formula is C22H27ClN2O4S. The lowest BCUT2D eigenvalue weighted by Crippen LogP contribution is -2.45. The molecule has 1 heterocycles. The Morgan fingerprint density at radius 1 is 1.23 bits per heavy atom. The van der Waals surface area contributed by atoms with Crippen molar-refractivity contribution >= 4 is 27.5 Å². The van der Waals surface area contributed by atoms with Crippen LogP contribution in [0.25, 0.3) is 0 Å². The van der Waals surface area contributed by atoms with Gasteiger partial charge in [0.05, 0.1) is 22.4 Å². The van der Waals surface area contributed by atoms with Gasteiger partial charge in [0, 0.05) is 26.7 Å². The Labute approximate surface area is 183 Å². The maximum Gasteiger partial charge on any atom is 0.243 e. The first kappa shape index (κ1) is 22.6. The highest BCUT2D eigenvalue weighted by Crippen LogP contribution is 2.30. The number of carbonyl (C=O) groups excluding carboxylic acids is 1. The molecule has 0 saturated carbocycles. The van der Waals surface area contributed by atoms with Gasteiger partial charge < -0.3 is 9.64 Å². The summed E-state index contributed by atoms with van der Waals surface area (Å²) in [6.45, 7) is 3.33. The van der Waals surface area contributed by atoms with Gasteiger partial charge in [-0.25, -0.2) is 8.42 Å². The first-order chi connectivity index (χ1) is 14.3. The Morgan fingerprint density at radius 3 is 2.63 bits per heavy atom. The van der Waals surface area contributed by atoms with E-state index in [9.17, 15) is 13.2 Å². The van der Waals surface area contributed by atoms with Crippen LogP contribution in [0, 0.1) is 5.92 Å². The molecule has 8 heteroatoms. The lowest BCUT2D eigenvalue weighted by molar-refractivity contribution is -0.135. The SMILES string of the molecule is CCOc1ccc(S(=O)(=O)N2CCC[C@@H](C(=O)N(C)Cc3ccccc3)C2)cc1Cl. The zero-order chi connectivity index (χ0) is 21.7. The molecule has 2 aromatic rings. The third kappa shape index (κ3) is 5.14. The highest BCUT2D eigenvalue weighted by molar-refractivity contribution is 7.89. The van der Waals surface area contributed by atoms with Gasteiger partial charge in [0.1, 0.15) is 5.75 Å². The van der Waals surface area contributed by atoms with Crippen molar-refractivity contribution in [2.45, 2.75) is 31.2 Å². The van der Waals surface area contributed by atoms with Crippen LogP contribution < -0.4 is 4.74 Å². The van der Waals surface area contributed by atoms with Gasteiger partial charge in [0.2, 0.25) is 15.9 Å². The Bertz CT molecular complexity index is 982. The summed E-state index contributed by atoms with van der Waals surface area (Å²) in [5.74, 6) is 0.0521. The largest absolute Gasteiger partial charge is 0.492 e. The smallest absolute Gasteiger partial charge is 0.243 e. The number of amides is 1. The van der Waals surface area contributed by atoms with Crippen LogP contribution in [-0.2, 0) is 21.4 Å². The number of piperidine rings is 1. The summed E-state index contributed by atoms with van der Waals surface area (Å²) in [6.07, 6.45) is 1.31. The van der Waals surface area contributed by atoms with E-state index in [0.29, 0.717) is 38.3 Å². The van der Waals surface area contributed by atoms with Gasteiger partial charge in [0.25, 0.3) is 0 Å². The molecule has 0 N–H and O–H groups in total. The molecule has 1 amide bonds. The zero-order valence-electron chi connectivity index (χ0n) is 17.3. The quantitative estimate of drug-likeness (QED) is 0.643. The minimum atomic E-state index is -3.74. The number of hydrogen-bond acceptors (Lipinski definition) is 4. The van der Waals surface area contributed by atoms with Crippen LogP contribution in [0.5, 0.6) is 5.75 Å². The molecule has 30 heavy (non-hydrogen) atoms. The van der Waals surface area contributed by atoms with E-state index in [1.165, 1.54) is 16.4 Å². The van der Waals surface area contributed by atoms with E-state index in [1.54, 1.807) is 18.0 Å². The Kier molecular flexibility index (Phi) is 7.39. The van der Waals surface area contributed by atoms with E-state index in [1.807, 2.05) is 37.3 Å². The molecule has 0 spiro atoms. The monoisotopic (exact) mass is 450 g/mol. The maximum atomic E-state index is 13.1. The van der Waals surface area contributed by atoms with Gasteiger partial charge in [-0.3, -0.25) is 4.79 Å². The number of rotatable bonds is 7. The molecule has 1 atom stereocenters. The molecule has 6 nitrogen and oxygen atoms in total.